The summed E-state index contributed by atoms with van der Waals surface area (Å²) in [6.45, 7) is 4.54. The van der Waals surface area contributed by atoms with E-state index in [1.165, 1.54) is 0 Å². The van der Waals surface area contributed by atoms with E-state index in [9.17, 15) is 0 Å². The van der Waals surface area contributed by atoms with Crippen LogP contribution in [0.5, 0.6) is 0 Å². The fraction of sp³-hybridized carbons (Fsp3) is 1.00. The Morgan fingerprint density at radius 3 is 1.50 bits per heavy atom. The SMILES string of the molecule is C[Si](C)=[Ti+2]. The minimum atomic E-state index is 0.120. The van der Waals surface area contributed by atoms with Crippen LogP contribution in [0.25, 0.3) is 0 Å². The van der Waals surface area contributed by atoms with Crippen molar-refractivity contribution in [3.05, 3.63) is 0 Å². The normalized spacial score (nSPS) is 7.00. The van der Waals surface area contributed by atoms with Crippen LogP contribution in [0.15, 0.2) is 0 Å². The molecule has 0 bridgehead atoms. The van der Waals surface area contributed by atoms with Crippen LogP contribution in [0, 0.1) is 0 Å². The fourth-order valence-electron chi connectivity index (χ4n) is 0. The molecule has 0 fully saturated rings. The van der Waals surface area contributed by atoms with Crippen molar-refractivity contribution in [3.8, 4) is 0 Å². The average Bonchev–Trinajstić information content (AvgIpc) is 0.811. The van der Waals surface area contributed by atoms with Gasteiger partial charge in [0.2, 0.25) is 0 Å². The molecule has 0 aliphatic carbocycles. The Morgan fingerprint density at radius 2 is 1.50 bits per heavy atom. The van der Waals surface area contributed by atoms with Gasteiger partial charge in [0, 0.05) is 0 Å². The first-order valence-corrected chi connectivity index (χ1v) is 6.09. The van der Waals surface area contributed by atoms with E-state index < -0.39 is 0 Å². The first kappa shape index (κ1) is 4.93. The molecule has 2 heteroatoms. The van der Waals surface area contributed by atoms with Crippen molar-refractivity contribution in [2.75, 3.05) is 0 Å². The van der Waals surface area contributed by atoms with Gasteiger partial charge in [0.1, 0.15) is 0 Å². The summed E-state index contributed by atoms with van der Waals surface area (Å²) in [7, 11) is 0. The zero-order valence-corrected chi connectivity index (χ0v) is 5.56. The molecular weight excluding hydrogens is 100.0 g/mol. The summed E-state index contributed by atoms with van der Waals surface area (Å²) in [4.78, 5) is 0. The number of rotatable bonds is 0. The molecule has 0 aliphatic rings. The third-order valence-electron chi connectivity index (χ3n) is 0. The van der Waals surface area contributed by atoms with E-state index in [4.69, 9.17) is 0 Å². The van der Waals surface area contributed by atoms with Gasteiger partial charge in [-0.3, -0.25) is 0 Å². The van der Waals surface area contributed by atoms with Gasteiger partial charge in [0.05, 0.1) is 0 Å². The van der Waals surface area contributed by atoms with E-state index in [2.05, 4.69) is 32.3 Å². The Kier molecular flexibility index (Phi) is 2.69. The van der Waals surface area contributed by atoms with Gasteiger partial charge >= 0.3 is 38.5 Å². The molecule has 0 spiro atoms. The van der Waals surface area contributed by atoms with E-state index in [0.717, 1.165) is 0 Å². The van der Waals surface area contributed by atoms with Gasteiger partial charge in [-0.05, 0) is 0 Å². The standard InChI is InChI=1S/C2H6Si.Ti/c1-3-2;/h1-2H3;/q;+2. The fourth-order valence-corrected chi connectivity index (χ4v) is 0. The Bertz CT molecular complexity index is 29.0. The van der Waals surface area contributed by atoms with Gasteiger partial charge < -0.3 is 0 Å². The molecule has 0 saturated heterocycles. The molecule has 0 radical (unpaired) electrons. The van der Waals surface area contributed by atoms with Crippen LogP contribution in [0.3, 0.4) is 0 Å². The quantitative estimate of drug-likeness (QED) is 0.400. The van der Waals surface area contributed by atoms with Gasteiger partial charge in [-0.1, -0.05) is 0 Å². The summed E-state index contributed by atoms with van der Waals surface area (Å²) in [5, 5.41) is 0. The molecule has 0 aliphatic heterocycles. The van der Waals surface area contributed by atoms with E-state index in [1.807, 2.05) is 0 Å². The van der Waals surface area contributed by atoms with Crippen LogP contribution < -0.4 is 0 Å². The molecule has 0 saturated carbocycles. The second kappa shape index (κ2) is 2.19. The number of hydrogen-bond acceptors (Lipinski definition) is 0. The summed E-state index contributed by atoms with van der Waals surface area (Å²) in [5.41, 5.74) is 0. The summed E-state index contributed by atoms with van der Waals surface area (Å²) < 4.78 is 0. The van der Waals surface area contributed by atoms with Crippen molar-refractivity contribution < 1.29 is 19.2 Å². The monoisotopic (exact) mass is 106 g/mol. The second-order valence-electron chi connectivity index (χ2n) is 1.00. The first-order valence-electron chi connectivity index (χ1n) is 1.25. The molecule has 0 atom stereocenters. The van der Waals surface area contributed by atoms with Crippen molar-refractivity contribution in [2.45, 2.75) is 13.1 Å². The van der Waals surface area contributed by atoms with Gasteiger partial charge in [-0.15, -0.1) is 0 Å². The predicted octanol–water partition coefficient (Wildman–Crippen LogP) is 0.784. The van der Waals surface area contributed by atoms with Crippen LogP contribution in [-0.4, -0.2) is 6.19 Å². The van der Waals surface area contributed by atoms with Gasteiger partial charge in [0.25, 0.3) is 0 Å². The zero-order valence-electron chi connectivity index (χ0n) is 3.00. The van der Waals surface area contributed by atoms with Crippen LogP contribution in [0.2, 0.25) is 13.1 Å². The maximum atomic E-state index is 2.27. The van der Waals surface area contributed by atoms with E-state index in [-0.39, 0.29) is 6.19 Å². The molecule has 0 aromatic heterocycles. The topological polar surface area (TPSA) is 0 Å². The molecule has 4 heavy (non-hydrogen) atoms. The van der Waals surface area contributed by atoms with Crippen LogP contribution in [-0.2, 0) is 19.2 Å². The minimum absolute atomic E-state index is 0.120. The molecular formula is C2H6SiTi+2. The first-order chi connectivity index (χ1) is 1.73. The molecule has 0 amide bonds. The Balaban J connectivity index is 2.80. The Labute approximate surface area is 38.8 Å². The number of hydrogen-bond donors (Lipinski definition) is 0. The van der Waals surface area contributed by atoms with Gasteiger partial charge in [-0.25, -0.2) is 0 Å². The van der Waals surface area contributed by atoms with Crippen molar-refractivity contribution in [1.82, 2.24) is 0 Å². The summed E-state index contributed by atoms with van der Waals surface area (Å²) >= 11 is 2.27. The second-order valence-corrected chi connectivity index (χ2v) is 7.68. The van der Waals surface area contributed by atoms with Gasteiger partial charge in [-0.2, -0.15) is 0 Å². The van der Waals surface area contributed by atoms with Crippen LogP contribution in [0.1, 0.15) is 0 Å². The van der Waals surface area contributed by atoms with E-state index >= 15 is 0 Å². The van der Waals surface area contributed by atoms with E-state index in [0.29, 0.717) is 0 Å². The molecule has 0 N–H and O–H groups in total. The van der Waals surface area contributed by atoms with Crippen molar-refractivity contribution in [3.63, 3.8) is 0 Å². The summed E-state index contributed by atoms with van der Waals surface area (Å²) in [6, 6.07) is 0. The molecule has 0 rings (SSSR count). The maximum absolute atomic E-state index is 2.27. The third-order valence-corrected chi connectivity index (χ3v) is 0. The van der Waals surface area contributed by atoms with Crippen molar-refractivity contribution in [1.29, 1.82) is 0 Å². The predicted molar refractivity (Wildman–Crippen MR) is 17.5 cm³/mol. The average molecular weight is 106 g/mol. The van der Waals surface area contributed by atoms with Gasteiger partial charge in [0.15, 0.2) is 0 Å². The summed E-state index contributed by atoms with van der Waals surface area (Å²) in [6.07, 6.45) is 0.120. The molecule has 0 aromatic carbocycles. The summed E-state index contributed by atoms with van der Waals surface area (Å²) in [5.74, 6) is 0. The molecule has 20 valence electrons. The Morgan fingerprint density at radius 1 is 1.50 bits per heavy atom. The van der Waals surface area contributed by atoms with Crippen molar-refractivity contribution in [2.24, 2.45) is 0 Å². The third kappa shape index (κ3) is 12.6. The van der Waals surface area contributed by atoms with Crippen LogP contribution in [0.4, 0.5) is 0 Å². The molecule has 0 heterocycles. The van der Waals surface area contributed by atoms with Crippen molar-refractivity contribution >= 4 is 6.19 Å². The van der Waals surface area contributed by atoms with E-state index in [1.54, 1.807) is 0 Å². The zero-order chi connectivity index (χ0) is 3.58. The molecule has 0 nitrogen and oxygen atoms in total. The molecule has 0 aromatic rings. The molecule has 0 unspecified atom stereocenters. The Hall–Kier alpha value is 0.931. The van der Waals surface area contributed by atoms with Crippen LogP contribution >= 0.6 is 0 Å².